The van der Waals surface area contributed by atoms with E-state index < -0.39 is 10.0 Å². The molecule has 2 rings (SSSR count). The first-order chi connectivity index (χ1) is 9.29. The fourth-order valence-corrected chi connectivity index (χ4v) is 4.45. The van der Waals surface area contributed by atoms with Crippen molar-refractivity contribution in [2.24, 2.45) is 0 Å². The van der Waals surface area contributed by atoms with Gasteiger partial charge in [0.2, 0.25) is 5.28 Å². The van der Waals surface area contributed by atoms with Crippen molar-refractivity contribution >= 4 is 66.6 Å². The molecule has 5 nitrogen and oxygen atoms in total. The molecule has 10 heteroatoms. The molecule has 0 radical (unpaired) electrons. The van der Waals surface area contributed by atoms with E-state index in [2.05, 4.69) is 30.6 Å². The molecular formula is C10H5BrCl3N3O2S. The Kier molecular flexibility index (Phi) is 4.76. The van der Waals surface area contributed by atoms with Crippen LogP contribution in [0.3, 0.4) is 0 Å². The number of benzene rings is 1. The molecule has 0 aliphatic heterocycles. The molecular weight excluding hydrogens is 412 g/mol. The number of hydrogen-bond acceptors (Lipinski definition) is 4. The Hall–Kier alpha value is -0.600. The highest BCUT2D eigenvalue weighted by atomic mass is 79.9. The lowest BCUT2D eigenvalue weighted by Crippen LogP contribution is -2.15. The molecule has 106 valence electrons. The third-order valence-electron chi connectivity index (χ3n) is 2.10. The van der Waals surface area contributed by atoms with Crippen LogP contribution >= 0.6 is 50.7 Å². The van der Waals surface area contributed by atoms with Gasteiger partial charge in [0.25, 0.3) is 10.0 Å². The number of anilines is 1. The summed E-state index contributed by atoms with van der Waals surface area (Å²) in [4.78, 5) is 7.14. The van der Waals surface area contributed by atoms with Crippen LogP contribution in [0.25, 0.3) is 0 Å². The van der Waals surface area contributed by atoms with Gasteiger partial charge in [0.1, 0.15) is 10.7 Å². The van der Waals surface area contributed by atoms with Gasteiger partial charge >= 0.3 is 0 Å². The number of nitrogens with zero attached hydrogens (tertiary/aromatic N) is 2. The molecule has 0 aliphatic rings. The van der Waals surface area contributed by atoms with Crippen LogP contribution in [-0.4, -0.2) is 18.4 Å². The molecule has 1 aromatic carbocycles. The second kappa shape index (κ2) is 6.03. The fourth-order valence-electron chi connectivity index (χ4n) is 1.37. The van der Waals surface area contributed by atoms with Crippen molar-refractivity contribution < 1.29 is 8.42 Å². The zero-order valence-corrected chi connectivity index (χ0v) is 14.1. The molecule has 0 saturated carbocycles. The van der Waals surface area contributed by atoms with Crippen LogP contribution in [0.2, 0.25) is 15.3 Å². The first-order valence-corrected chi connectivity index (χ1v) is 8.36. The lowest BCUT2D eigenvalue weighted by atomic mass is 10.4. The van der Waals surface area contributed by atoms with Gasteiger partial charge in [-0.3, -0.25) is 4.72 Å². The van der Waals surface area contributed by atoms with Crippen LogP contribution in [0.15, 0.2) is 33.8 Å². The van der Waals surface area contributed by atoms with E-state index in [0.29, 0.717) is 4.47 Å². The molecule has 1 N–H and O–H groups in total. The summed E-state index contributed by atoms with van der Waals surface area (Å²) in [6.45, 7) is 0. The summed E-state index contributed by atoms with van der Waals surface area (Å²) >= 11 is 20.6. The lowest BCUT2D eigenvalue weighted by molar-refractivity contribution is 0.601. The molecule has 2 aromatic rings. The van der Waals surface area contributed by atoms with Gasteiger partial charge in [0, 0.05) is 10.7 Å². The third-order valence-corrected chi connectivity index (χ3v) is 5.01. The minimum atomic E-state index is -3.99. The van der Waals surface area contributed by atoms with Crippen LogP contribution in [0.4, 0.5) is 5.82 Å². The van der Waals surface area contributed by atoms with Gasteiger partial charge in [0.05, 0.1) is 10.0 Å². The van der Waals surface area contributed by atoms with E-state index in [1.165, 1.54) is 24.4 Å². The Morgan fingerprint density at radius 1 is 1.15 bits per heavy atom. The maximum absolute atomic E-state index is 12.3. The standard InChI is InChI=1S/C10H5BrCl3N3O2S/c11-5-3-6(12)9(7(13)4-5)20(18,19)17-8-1-2-15-10(14)16-8/h1-4H,(H,15,16,17). The van der Waals surface area contributed by atoms with E-state index in [0.717, 1.165) is 0 Å². The predicted molar refractivity (Wildman–Crippen MR) is 82.0 cm³/mol. The topological polar surface area (TPSA) is 72.0 Å². The summed E-state index contributed by atoms with van der Waals surface area (Å²) in [6, 6.07) is 4.20. The monoisotopic (exact) mass is 415 g/mol. The van der Waals surface area contributed by atoms with Gasteiger partial charge in [-0.15, -0.1) is 0 Å². The second-order valence-electron chi connectivity index (χ2n) is 3.51. The van der Waals surface area contributed by atoms with Crippen molar-refractivity contribution in [3.63, 3.8) is 0 Å². The molecule has 0 aliphatic carbocycles. The van der Waals surface area contributed by atoms with Gasteiger partial charge < -0.3 is 0 Å². The van der Waals surface area contributed by atoms with E-state index in [4.69, 9.17) is 34.8 Å². The first-order valence-electron chi connectivity index (χ1n) is 4.95. The van der Waals surface area contributed by atoms with E-state index in [1.54, 1.807) is 0 Å². The number of sulfonamides is 1. The van der Waals surface area contributed by atoms with Crippen LogP contribution in [0, 0.1) is 0 Å². The summed E-state index contributed by atoms with van der Waals surface area (Å²) in [5.74, 6) is 0.0139. The number of aromatic nitrogens is 2. The number of rotatable bonds is 3. The van der Waals surface area contributed by atoms with E-state index >= 15 is 0 Å². The Morgan fingerprint density at radius 3 is 2.30 bits per heavy atom. The van der Waals surface area contributed by atoms with Crippen molar-refractivity contribution in [3.8, 4) is 0 Å². The molecule has 0 saturated heterocycles. The van der Waals surface area contributed by atoms with Gasteiger partial charge in [0.15, 0.2) is 0 Å². The van der Waals surface area contributed by atoms with Crippen molar-refractivity contribution in [1.29, 1.82) is 0 Å². The lowest BCUT2D eigenvalue weighted by Gasteiger charge is -2.10. The second-order valence-corrected chi connectivity index (χ2v) is 7.20. The average Bonchev–Trinajstić information content (AvgIpc) is 2.25. The molecule has 20 heavy (non-hydrogen) atoms. The summed E-state index contributed by atoms with van der Waals surface area (Å²) in [7, 11) is -3.99. The summed E-state index contributed by atoms with van der Waals surface area (Å²) in [5, 5.41) is -0.118. The van der Waals surface area contributed by atoms with Crippen molar-refractivity contribution in [1.82, 2.24) is 9.97 Å². The van der Waals surface area contributed by atoms with Gasteiger partial charge in [-0.1, -0.05) is 39.1 Å². The normalized spacial score (nSPS) is 11.4. The van der Waals surface area contributed by atoms with Crippen LogP contribution in [0.1, 0.15) is 0 Å². The van der Waals surface area contributed by atoms with Crippen molar-refractivity contribution in [2.45, 2.75) is 4.90 Å². The van der Waals surface area contributed by atoms with Gasteiger partial charge in [-0.05, 0) is 29.8 Å². The number of hydrogen-bond donors (Lipinski definition) is 1. The largest absolute Gasteiger partial charge is 0.266 e. The highest BCUT2D eigenvalue weighted by Gasteiger charge is 2.23. The summed E-state index contributed by atoms with van der Waals surface area (Å²) in [5.41, 5.74) is 0. The molecule has 0 unspecified atom stereocenters. The van der Waals surface area contributed by atoms with Gasteiger partial charge in [-0.2, -0.15) is 4.98 Å². The maximum Gasteiger partial charge on any atom is 0.266 e. The maximum atomic E-state index is 12.3. The quantitative estimate of drug-likeness (QED) is 0.767. The predicted octanol–water partition coefficient (Wildman–Crippen LogP) is 4.00. The minimum Gasteiger partial charge on any atom is -0.263 e. The Morgan fingerprint density at radius 2 is 1.75 bits per heavy atom. The number of halogens is 4. The highest BCUT2D eigenvalue weighted by Crippen LogP contribution is 2.33. The van der Waals surface area contributed by atoms with Crippen LogP contribution < -0.4 is 4.72 Å². The van der Waals surface area contributed by atoms with Gasteiger partial charge in [-0.25, -0.2) is 13.4 Å². The molecule has 1 aromatic heterocycles. The Bertz CT molecular complexity index is 747. The highest BCUT2D eigenvalue weighted by molar-refractivity contribution is 9.10. The van der Waals surface area contributed by atoms with Crippen molar-refractivity contribution in [2.75, 3.05) is 4.72 Å². The fraction of sp³-hybridized carbons (Fsp3) is 0. The molecule has 1 heterocycles. The number of nitrogens with one attached hydrogen (secondary N) is 1. The zero-order valence-electron chi connectivity index (χ0n) is 9.44. The van der Waals surface area contributed by atoms with E-state index in [1.807, 2.05) is 0 Å². The SMILES string of the molecule is O=S(=O)(Nc1ccnc(Cl)n1)c1c(Cl)cc(Br)cc1Cl. The Labute approximate surface area is 138 Å². The molecule has 0 bridgehead atoms. The first kappa shape index (κ1) is 15.8. The molecule has 0 spiro atoms. The van der Waals surface area contributed by atoms with Crippen LogP contribution in [0.5, 0.6) is 0 Å². The van der Waals surface area contributed by atoms with Crippen LogP contribution in [-0.2, 0) is 10.0 Å². The Balaban J connectivity index is 2.46. The molecule has 0 amide bonds. The summed E-state index contributed by atoms with van der Waals surface area (Å²) in [6.07, 6.45) is 1.32. The minimum absolute atomic E-state index is 0.0139. The average molecular weight is 417 g/mol. The molecule has 0 fully saturated rings. The zero-order chi connectivity index (χ0) is 14.9. The third kappa shape index (κ3) is 3.53. The smallest absolute Gasteiger partial charge is 0.263 e. The van der Waals surface area contributed by atoms with E-state index in [9.17, 15) is 8.42 Å². The summed E-state index contributed by atoms with van der Waals surface area (Å²) < 4.78 is 27.3. The van der Waals surface area contributed by atoms with Crippen molar-refractivity contribution in [3.05, 3.63) is 44.2 Å². The molecule has 0 atom stereocenters. The van der Waals surface area contributed by atoms with E-state index in [-0.39, 0.29) is 26.0 Å².